The molecule has 0 aliphatic carbocycles. The predicted molar refractivity (Wildman–Crippen MR) is 89.8 cm³/mol. The Hall–Kier alpha value is -2.50. The van der Waals surface area contributed by atoms with Crippen LogP contribution in [0.4, 0.5) is 0 Å². The Morgan fingerprint density at radius 2 is 1.12 bits per heavy atom. The van der Waals surface area contributed by atoms with Crippen LogP contribution in [-0.4, -0.2) is 24.9 Å². The second kappa shape index (κ2) is 10.3. The Morgan fingerprint density at radius 1 is 0.708 bits per heavy atom. The first kappa shape index (κ1) is 17.8. The Labute approximate surface area is 141 Å². The van der Waals surface area contributed by atoms with Gasteiger partial charge in [0.15, 0.2) is 11.5 Å². The van der Waals surface area contributed by atoms with Crippen LogP contribution in [0, 0.1) is 0 Å². The maximum Gasteiger partial charge on any atom is 0.286 e. The van der Waals surface area contributed by atoms with Crippen LogP contribution in [0.15, 0.2) is 45.6 Å². The highest BCUT2D eigenvalue weighted by molar-refractivity contribution is 5.91. The van der Waals surface area contributed by atoms with E-state index in [4.69, 9.17) is 8.83 Å². The maximum absolute atomic E-state index is 11.6. The van der Waals surface area contributed by atoms with Gasteiger partial charge < -0.3 is 19.5 Å². The van der Waals surface area contributed by atoms with Gasteiger partial charge in [0.1, 0.15) is 0 Å². The van der Waals surface area contributed by atoms with Crippen molar-refractivity contribution in [3.8, 4) is 0 Å². The first-order valence-electron chi connectivity index (χ1n) is 8.41. The second-order valence-corrected chi connectivity index (χ2v) is 5.59. The summed E-state index contributed by atoms with van der Waals surface area (Å²) in [6.45, 7) is 1.33. The van der Waals surface area contributed by atoms with Crippen molar-refractivity contribution in [2.45, 2.75) is 38.5 Å². The first-order chi connectivity index (χ1) is 11.8. The lowest BCUT2D eigenvalue weighted by molar-refractivity contribution is 0.0917. The van der Waals surface area contributed by atoms with Crippen molar-refractivity contribution in [3.63, 3.8) is 0 Å². The van der Waals surface area contributed by atoms with Gasteiger partial charge in [-0.05, 0) is 37.1 Å². The number of amides is 2. The van der Waals surface area contributed by atoms with Crippen molar-refractivity contribution in [2.24, 2.45) is 0 Å². The third kappa shape index (κ3) is 6.32. The number of nitrogens with one attached hydrogen (secondary N) is 2. The van der Waals surface area contributed by atoms with E-state index in [-0.39, 0.29) is 11.8 Å². The summed E-state index contributed by atoms with van der Waals surface area (Å²) >= 11 is 0. The Morgan fingerprint density at radius 3 is 1.50 bits per heavy atom. The van der Waals surface area contributed by atoms with Crippen LogP contribution in [-0.2, 0) is 0 Å². The third-order valence-corrected chi connectivity index (χ3v) is 3.66. The molecule has 2 N–H and O–H groups in total. The zero-order valence-electron chi connectivity index (χ0n) is 13.8. The number of hydrogen-bond donors (Lipinski definition) is 2. The number of hydrogen-bond acceptors (Lipinski definition) is 4. The van der Waals surface area contributed by atoms with Crippen molar-refractivity contribution < 1.29 is 18.4 Å². The molecule has 2 aromatic rings. The van der Waals surface area contributed by atoms with Gasteiger partial charge in [-0.25, -0.2) is 0 Å². The average molecular weight is 332 g/mol. The molecule has 2 rings (SSSR count). The van der Waals surface area contributed by atoms with Gasteiger partial charge in [0.05, 0.1) is 12.5 Å². The van der Waals surface area contributed by atoms with Crippen LogP contribution in [0.2, 0.25) is 0 Å². The first-order valence-corrected chi connectivity index (χ1v) is 8.41. The highest BCUT2D eigenvalue weighted by atomic mass is 16.3. The molecule has 24 heavy (non-hydrogen) atoms. The molecule has 2 aromatic heterocycles. The molecule has 0 atom stereocenters. The van der Waals surface area contributed by atoms with Gasteiger partial charge in [0.25, 0.3) is 11.8 Å². The van der Waals surface area contributed by atoms with Crippen LogP contribution in [0.25, 0.3) is 0 Å². The lowest BCUT2D eigenvalue weighted by atomic mass is 10.1. The van der Waals surface area contributed by atoms with Gasteiger partial charge in [-0.15, -0.1) is 0 Å². The summed E-state index contributed by atoms with van der Waals surface area (Å²) in [5.41, 5.74) is 0. The van der Waals surface area contributed by atoms with E-state index < -0.39 is 0 Å². The van der Waals surface area contributed by atoms with Gasteiger partial charge in [-0.2, -0.15) is 0 Å². The summed E-state index contributed by atoms with van der Waals surface area (Å²) in [6.07, 6.45) is 9.32. The fraction of sp³-hybridized carbons (Fsp3) is 0.444. The lowest BCUT2D eigenvalue weighted by Crippen LogP contribution is -2.24. The van der Waals surface area contributed by atoms with E-state index in [0.717, 1.165) is 38.5 Å². The number of carbonyl (C=O) groups is 2. The summed E-state index contributed by atoms with van der Waals surface area (Å²) < 4.78 is 10.0. The molecular formula is C18H24N2O4. The van der Waals surface area contributed by atoms with Gasteiger partial charge in [-0.3, -0.25) is 9.59 Å². The van der Waals surface area contributed by atoms with Crippen LogP contribution < -0.4 is 10.6 Å². The van der Waals surface area contributed by atoms with Crippen LogP contribution in [0.1, 0.15) is 59.6 Å². The molecule has 0 spiro atoms. The maximum atomic E-state index is 11.6. The summed E-state index contributed by atoms with van der Waals surface area (Å²) in [6, 6.07) is 6.71. The number of rotatable bonds is 11. The van der Waals surface area contributed by atoms with Gasteiger partial charge in [-0.1, -0.05) is 25.7 Å². The summed E-state index contributed by atoms with van der Waals surface area (Å²) in [5, 5.41) is 5.67. The second-order valence-electron chi connectivity index (χ2n) is 5.59. The highest BCUT2D eigenvalue weighted by Crippen LogP contribution is 2.05. The molecule has 0 saturated carbocycles. The van der Waals surface area contributed by atoms with Crippen molar-refractivity contribution in [1.29, 1.82) is 0 Å². The van der Waals surface area contributed by atoms with Gasteiger partial charge in [0.2, 0.25) is 0 Å². The molecule has 6 heteroatoms. The summed E-state index contributed by atoms with van der Waals surface area (Å²) in [4.78, 5) is 23.2. The molecule has 130 valence electrons. The number of carbonyl (C=O) groups excluding carboxylic acids is 2. The molecule has 2 heterocycles. The molecule has 2 amide bonds. The van der Waals surface area contributed by atoms with Crippen molar-refractivity contribution in [3.05, 3.63) is 48.3 Å². The highest BCUT2D eigenvalue weighted by Gasteiger charge is 2.07. The standard InChI is InChI=1S/C18H24N2O4/c21-17(15-9-7-13-23-15)19-11-5-3-1-2-4-6-12-20-18(22)16-10-8-14-24-16/h7-10,13-14H,1-6,11-12H2,(H,19,21)(H,20,22). The fourth-order valence-electron chi connectivity index (χ4n) is 2.35. The zero-order valence-corrected chi connectivity index (χ0v) is 13.8. The van der Waals surface area contributed by atoms with E-state index in [1.807, 2.05) is 0 Å². The van der Waals surface area contributed by atoms with E-state index in [9.17, 15) is 9.59 Å². The van der Waals surface area contributed by atoms with Crippen molar-refractivity contribution >= 4 is 11.8 Å². The molecule has 0 fully saturated rings. The Balaban J connectivity index is 1.38. The summed E-state index contributed by atoms with van der Waals surface area (Å²) in [7, 11) is 0. The summed E-state index contributed by atoms with van der Waals surface area (Å²) in [5.74, 6) is 0.387. The van der Waals surface area contributed by atoms with Crippen LogP contribution >= 0.6 is 0 Å². The van der Waals surface area contributed by atoms with Crippen LogP contribution in [0.5, 0.6) is 0 Å². The third-order valence-electron chi connectivity index (χ3n) is 3.66. The molecule has 0 radical (unpaired) electrons. The molecule has 0 aliphatic heterocycles. The monoisotopic (exact) mass is 332 g/mol. The molecular weight excluding hydrogens is 308 g/mol. The Kier molecular flexibility index (Phi) is 7.67. The van der Waals surface area contributed by atoms with Gasteiger partial charge in [0, 0.05) is 13.1 Å². The molecule has 0 unspecified atom stereocenters. The topological polar surface area (TPSA) is 84.5 Å². The van der Waals surface area contributed by atoms with Gasteiger partial charge >= 0.3 is 0 Å². The van der Waals surface area contributed by atoms with Crippen molar-refractivity contribution in [2.75, 3.05) is 13.1 Å². The normalized spacial score (nSPS) is 10.5. The van der Waals surface area contributed by atoms with Crippen LogP contribution in [0.3, 0.4) is 0 Å². The minimum Gasteiger partial charge on any atom is -0.459 e. The van der Waals surface area contributed by atoms with E-state index in [1.54, 1.807) is 24.3 Å². The molecule has 0 saturated heterocycles. The minimum absolute atomic E-state index is 0.160. The van der Waals surface area contributed by atoms with E-state index in [2.05, 4.69) is 10.6 Å². The van der Waals surface area contributed by atoms with E-state index in [1.165, 1.54) is 12.5 Å². The smallest absolute Gasteiger partial charge is 0.286 e. The van der Waals surface area contributed by atoms with Crippen molar-refractivity contribution in [1.82, 2.24) is 10.6 Å². The largest absolute Gasteiger partial charge is 0.459 e. The van der Waals surface area contributed by atoms with E-state index >= 15 is 0 Å². The minimum atomic E-state index is -0.160. The zero-order chi connectivity index (χ0) is 17.0. The predicted octanol–water partition coefficient (Wildman–Crippen LogP) is 3.37. The number of unbranched alkanes of at least 4 members (excludes halogenated alkanes) is 5. The Bertz CT molecular complexity index is 536. The molecule has 6 nitrogen and oxygen atoms in total. The SMILES string of the molecule is O=C(NCCCCCCCCNC(=O)c1ccco1)c1ccco1. The van der Waals surface area contributed by atoms with E-state index in [0.29, 0.717) is 24.6 Å². The molecule has 0 aliphatic rings. The fourth-order valence-corrected chi connectivity index (χ4v) is 2.35. The number of furan rings is 2. The average Bonchev–Trinajstić information content (AvgIpc) is 3.29. The molecule has 0 bridgehead atoms. The quantitative estimate of drug-likeness (QED) is 0.618. The lowest BCUT2D eigenvalue weighted by Gasteiger charge is -2.05. The molecule has 0 aromatic carbocycles.